The second-order valence-electron chi connectivity index (χ2n) is 7.05. The third kappa shape index (κ3) is 5.34. The molecular formula is C19H29N3O2. The van der Waals surface area contributed by atoms with Crippen molar-refractivity contribution >= 4 is 11.8 Å². The molecule has 132 valence electrons. The van der Waals surface area contributed by atoms with Gasteiger partial charge in [0.25, 0.3) is 0 Å². The largest absolute Gasteiger partial charge is 0.369 e. The van der Waals surface area contributed by atoms with E-state index in [2.05, 4.69) is 6.92 Å². The number of hydrogen-bond acceptors (Lipinski definition) is 3. The highest BCUT2D eigenvalue weighted by molar-refractivity contribution is 5.80. The fourth-order valence-corrected chi connectivity index (χ4v) is 2.96. The van der Waals surface area contributed by atoms with Crippen molar-refractivity contribution in [3.05, 3.63) is 35.9 Å². The van der Waals surface area contributed by atoms with Gasteiger partial charge in [-0.2, -0.15) is 0 Å². The maximum Gasteiger partial charge on any atom is 0.237 e. The summed E-state index contributed by atoms with van der Waals surface area (Å²) in [5.74, 6) is 0.260. The van der Waals surface area contributed by atoms with Crippen LogP contribution in [-0.4, -0.2) is 46.8 Å². The molecule has 0 heterocycles. The molecule has 24 heavy (non-hydrogen) atoms. The summed E-state index contributed by atoms with van der Waals surface area (Å²) in [4.78, 5) is 28.0. The van der Waals surface area contributed by atoms with Crippen LogP contribution in [0.3, 0.4) is 0 Å². The van der Waals surface area contributed by atoms with Crippen molar-refractivity contribution in [2.45, 2.75) is 52.2 Å². The molecule has 1 aromatic rings. The first-order chi connectivity index (χ1) is 11.4. The third-order valence-corrected chi connectivity index (χ3v) is 4.74. The van der Waals surface area contributed by atoms with Crippen LogP contribution in [0.1, 0.15) is 39.2 Å². The predicted octanol–water partition coefficient (Wildman–Crippen LogP) is 2.01. The van der Waals surface area contributed by atoms with E-state index in [0.717, 1.165) is 5.56 Å². The van der Waals surface area contributed by atoms with Gasteiger partial charge in [-0.15, -0.1) is 0 Å². The number of carbonyl (C=O) groups excluding carboxylic acids is 2. The number of nitrogens with zero attached hydrogens (tertiary/aromatic N) is 2. The van der Waals surface area contributed by atoms with Gasteiger partial charge in [0.2, 0.25) is 11.8 Å². The Hall–Kier alpha value is -1.88. The normalized spacial score (nSPS) is 15.5. The minimum atomic E-state index is -0.402. The van der Waals surface area contributed by atoms with E-state index in [-0.39, 0.29) is 31.1 Å². The van der Waals surface area contributed by atoms with E-state index in [9.17, 15) is 9.59 Å². The summed E-state index contributed by atoms with van der Waals surface area (Å²) in [6.45, 7) is 7.03. The van der Waals surface area contributed by atoms with Crippen molar-refractivity contribution in [2.75, 3.05) is 13.1 Å². The Balaban J connectivity index is 2.09. The van der Waals surface area contributed by atoms with E-state index in [4.69, 9.17) is 5.73 Å². The molecule has 0 spiro atoms. The molecule has 1 saturated carbocycles. The standard InChI is InChI=1S/C19H29N3O2/c1-14(2)21(12-18(20)23)13-19(24)22(15(3)17-9-10-17)11-16-7-5-4-6-8-16/h4-8,14-15,17H,9-13H2,1-3H3,(H2,20,23)/t15-/m1/s1. The number of benzene rings is 1. The van der Waals surface area contributed by atoms with Gasteiger partial charge in [-0.1, -0.05) is 30.3 Å². The van der Waals surface area contributed by atoms with E-state index < -0.39 is 5.91 Å². The number of carbonyl (C=O) groups is 2. The van der Waals surface area contributed by atoms with Crippen LogP contribution in [0, 0.1) is 5.92 Å². The summed E-state index contributed by atoms with van der Waals surface area (Å²) >= 11 is 0. The van der Waals surface area contributed by atoms with Crippen LogP contribution in [0.25, 0.3) is 0 Å². The Morgan fingerprint density at radius 2 is 1.75 bits per heavy atom. The lowest BCUT2D eigenvalue weighted by Crippen LogP contribution is -2.48. The molecule has 1 aliphatic carbocycles. The summed E-state index contributed by atoms with van der Waals surface area (Å²) in [5, 5.41) is 0. The zero-order valence-corrected chi connectivity index (χ0v) is 14.9. The van der Waals surface area contributed by atoms with Gasteiger partial charge in [0, 0.05) is 18.6 Å². The van der Waals surface area contributed by atoms with E-state index in [1.165, 1.54) is 12.8 Å². The van der Waals surface area contributed by atoms with Crippen LogP contribution in [0.2, 0.25) is 0 Å². The van der Waals surface area contributed by atoms with E-state index in [1.54, 1.807) is 0 Å². The zero-order valence-electron chi connectivity index (χ0n) is 14.9. The van der Waals surface area contributed by atoms with Crippen molar-refractivity contribution in [2.24, 2.45) is 11.7 Å². The summed E-state index contributed by atoms with van der Waals surface area (Å²) in [6.07, 6.45) is 2.38. The van der Waals surface area contributed by atoms with Gasteiger partial charge < -0.3 is 10.6 Å². The van der Waals surface area contributed by atoms with Gasteiger partial charge in [-0.05, 0) is 45.1 Å². The molecular weight excluding hydrogens is 302 g/mol. The highest BCUT2D eigenvalue weighted by atomic mass is 16.2. The predicted molar refractivity (Wildman–Crippen MR) is 95.1 cm³/mol. The van der Waals surface area contributed by atoms with Crippen molar-refractivity contribution < 1.29 is 9.59 Å². The van der Waals surface area contributed by atoms with Gasteiger partial charge >= 0.3 is 0 Å². The molecule has 5 nitrogen and oxygen atoms in total. The first-order valence-electron chi connectivity index (χ1n) is 8.74. The molecule has 2 N–H and O–H groups in total. The van der Waals surface area contributed by atoms with Crippen LogP contribution in [0.4, 0.5) is 0 Å². The first kappa shape index (κ1) is 18.5. The topological polar surface area (TPSA) is 66.6 Å². The lowest BCUT2D eigenvalue weighted by Gasteiger charge is -2.33. The van der Waals surface area contributed by atoms with Crippen LogP contribution in [0.5, 0.6) is 0 Å². The second kappa shape index (κ2) is 8.29. The SMILES string of the molecule is CC(C)N(CC(N)=O)CC(=O)N(Cc1ccccc1)[C@H](C)C1CC1. The summed E-state index contributed by atoms with van der Waals surface area (Å²) in [6, 6.07) is 10.4. The number of nitrogens with two attached hydrogens (primary N) is 1. The molecule has 0 aliphatic heterocycles. The van der Waals surface area contributed by atoms with Crippen molar-refractivity contribution in [3.63, 3.8) is 0 Å². The number of hydrogen-bond donors (Lipinski definition) is 1. The highest BCUT2D eigenvalue weighted by Gasteiger charge is 2.34. The van der Waals surface area contributed by atoms with Crippen LogP contribution >= 0.6 is 0 Å². The van der Waals surface area contributed by atoms with Crippen LogP contribution < -0.4 is 5.73 Å². The first-order valence-corrected chi connectivity index (χ1v) is 8.74. The maximum atomic E-state index is 12.9. The van der Waals surface area contributed by atoms with E-state index >= 15 is 0 Å². The van der Waals surface area contributed by atoms with Gasteiger partial charge in [-0.3, -0.25) is 14.5 Å². The molecule has 0 bridgehead atoms. The molecule has 1 aliphatic rings. The second-order valence-corrected chi connectivity index (χ2v) is 7.05. The average molecular weight is 331 g/mol. The van der Waals surface area contributed by atoms with E-state index in [0.29, 0.717) is 12.5 Å². The Morgan fingerprint density at radius 3 is 2.25 bits per heavy atom. The summed E-state index contributed by atoms with van der Waals surface area (Å²) < 4.78 is 0. The Labute approximate surface area is 144 Å². The van der Waals surface area contributed by atoms with Crippen LogP contribution in [0.15, 0.2) is 30.3 Å². The fraction of sp³-hybridized carbons (Fsp3) is 0.579. The van der Waals surface area contributed by atoms with Crippen molar-refractivity contribution in [1.29, 1.82) is 0 Å². The van der Waals surface area contributed by atoms with Gasteiger partial charge in [0.1, 0.15) is 0 Å². The molecule has 5 heteroatoms. The van der Waals surface area contributed by atoms with Gasteiger partial charge in [-0.25, -0.2) is 0 Å². The molecule has 0 saturated heterocycles. The monoisotopic (exact) mass is 331 g/mol. The molecule has 0 radical (unpaired) electrons. The van der Waals surface area contributed by atoms with Crippen molar-refractivity contribution in [3.8, 4) is 0 Å². The minimum Gasteiger partial charge on any atom is -0.369 e. The summed E-state index contributed by atoms with van der Waals surface area (Å²) in [5.41, 5.74) is 6.45. The Kier molecular flexibility index (Phi) is 6.37. The van der Waals surface area contributed by atoms with E-state index in [1.807, 2.05) is 54.0 Å². The fourth-order valence-electron chi connectivity index (χ4n) is 2.96. The highest BCUT2D eigenvalue weighted by Crippen LogP contribution is 2.35. The van der Waals surface area contributed by atoms with Gasteiger partial charge in [0.15, 0.2) is 0 Å². The maximum absolute atomic E-state index is 12.9. The molecule has 1 fully saturated rings. The lowest BCUT2D eigenvalue weighted by atomic mass is 10.1. The zero-order chi connectivity index (χ0) is 17.7. The molecule has 0 unspecified atom stereocenters. The number of rotatable bonds is 9. The Bertz CT molecular complexity index is 555. The molecule has 1 atom stereocenters. The quantitative estimate of drug-likeness (QED) is 0.753. The van der Waals surface area contributed by atoms with Gasteiger partial charge in [0.05, 0.1) is 13.1 Å². The third-order valence-electron chi connectivity index (χ3n) is 4.74. The minimum absolute atomic E-state index is 0.0632. The number of primary amides is 1. The molecule has 1 aromatic carbocycles. The van der Waals surface area contributed by atoms with Crippen LogP contribution in [-0.2, 0) is 16.1 Å². The molecule has 0 aromatic heterocycles. The average Bonchev–Trinajstić information content (AvgIpc) is 3.36. The Morgan fingerprint density at radius 1 is 1.12 bits per heavy atom. The van der Waals surface area contributed by atoms with Crippen molar-refractivity contribution in [1.82, 2.24) is 9.80 Å². The molecule has 2 amide bonds. The lowest BCUT2D eigenvalue weighted by molar-refractivity contribution is -0.136. The number of amides is 2. The smallest absolute Gasteiger partial charge is 0.237 e. The summed E-state index contributed by atoms with van der Waals surface area (Å²) in [7, 11) is 0. The molecule has 2 rings (SSSR count).